The average Bonchev–Trinajstić information content (AvgIpc) is 3.59. The molecule has 4 atom stereocenters. The molecule has 4 rings (SSSR count). The highest BCUT2D eigenvalue weighted by Crippen LogP contribution is 2.38. The molecule has 1 fully saturated rings. The molecule has 1 saturated heterocycles. The maximum absolute atomic E-state index is 15.1. The first kappa shape index (κ1) is 37.5. The second-order valence-electron chi connectivity index (χ2n) is 13.9. The Balaban J connectivity index is 1.87. The standard InChI is InChI=1S/C36H46F2N4O7/c1-22(48-23(2)43)33(45)42(19-25-18-41(21-30(25)44)34(46)49-35(3,4)5)31(36(6,7)47-8)32-39-29(27-16-26(37)14-15-28(27)38)20-40(32)17-24-12-10-9-11-13-24/h9-16,20,22,25,30-31,44H,17-19,21H2,1-8H3. The van der Waals surface area contributed by atoms with Gasteiger partial charge in [0.15, 0.2) is 6.10 Å². The molecule has 0 aliphatic carbocycles. The molecule has 11 nitrogen and oxygen atoms in total. The van der Waals surface area contributed by atoms with Crippen LogP contribution in [-0.4, -0.2) is 92.6 Å². The van der Waals surface area contributed by atoms with Gasteiger partial charge in [0.2, 0.25) is 0 Å². The van der Waals surface area contributed by atoms with Crippen molar-refractivity contribution in [3.8, 4) is 11.3 Å². The number of aliphatic hydroxyl groups is 1. The first-order valence-electron chi connectivity index (χ1n) is 16.2. The Morgan fingerprint density at radius 2 is 1.73 bits per heavy atom. The molecule has 13 heteroatoms. The molecule has 0 spiro atoms. The number of rotatable bonds is 11. The Morgan fingerprint density at radius 1 is 1.06 bits per heavy atom. The molecule has 2 heterocycles. The smallest absolute Gasteiger partial charge is 0.410 e. The van der Waals surface area contributed by atoms with E-state index in [1.807, 2.05) is 30.3 Å². The Labute approximate surface area is 285 Å². The number of hydrogen-bond donors (Lipinski definition) is 1. The predicted molar refractivity (Wildman–Crippen MR) is 177 cm³/mol. The van der Waals surface area contributed by atoms with Gasteiger partial charge in [-0.1, -0.05) is 30.3 Å². The minimum atomic E-state index is -1.24. The fourth-order valence-corrected chi connectivity index (χ4v) is 5.93. The maximum atomic E-state index is 15.1. The summed E-state index contributed by atoms with van der Waals surface area (Å²) in [6.07, 6.45) is -1.29. The number of carbonyl (C=O) groups excluding carboxylic acids is 3. The number of methoxy groups -OCH3 is 1. The van der Waals surface area contributed by atoms with Crippen molar-refractivity contribution in [3.05, 3.63) is 77.8 Å². The normalized spacial score (nSPS) is 17.8. The van der Waals surface area contributed by atoms with E-state index in [1.165, 1.54) is 30.8 Å². The van der Waals surface area contributed by atoms with Crippen LogP contribution in [0.15, 0.2) is 54.7 Å². The van der Waals surface area contributed by atoms with Gasteiger partial charge in [0.1, 0.15) is 29.1 Å². The lowest BCUT2D eigenvalue weighted by atomic mass is 9.93. The minimum absolute atomic E-state index is 0.0227. The third-order valence-electron chi connectivity index (χ3n) is 8.41. The Morgan fingerprint density at radius 3 is 2.35 bits per heavy atom. The second-order valence-corrected chi connectivity index (χ2v) is 13.9. The lowest BCUT2D eigenvalue weighted by Crippen LogP contribution is -2.53. The molecule has 1 aromatic heterocycles. The SMILES string of the molecule is COC(C)(C)C(c1nc(-c2cc(F)ccc2F)cn1Cc1ccccc1)N(CC1CN(C(=O)OC(C)(C)C)CC1O)C(=O)C(C)OC(C)=O. The fraction of sp³-hybridized carbons (Fsp3) is 0.500. The monoisotopic (exact) mass is 684 g/mol. The van der Waals surface area contributed by atoms with E-state index < -0.39 is 65.0 Å². The molecular formula is C36H46F2N4O7. The number of β-amino-alcohol motifs (C(OH)–C–C–N with tert-alkyl or cyclic N) is 1. The number of aliphatic hydroxyl groups excluding tert-OH is 1. The third-order valence-corrected chi connectivity index (χ3v) is 8.41. The number of aromatic nitrogens is 2. The van der Waals surface area contributed by atoms with Crippen LogP contribution in [0.4, 0.5) is 13.6 Å². The number of halogens is 2. The number of amides is 2. The van der Waals surface area contributed by atoms with Gasteiger partial charge in [-0.3, -0.25) is 9.59 Å². The maximum Gasteiger partial charge on any atom is 0.410 e. The largest absolute Gasteiger partial charge is 0.453 e. The molecule has 0 radical (unpaired) electrons. The molecule has 2 aromatic carbocycles. The molecule has 3 aromatic rings. The van der Waals surface area contributed by atoms with Crippen LogP contribution >= 0.6 is 0 Å². The molecule has 4 unspecified atom stereocenters. The molecule has 0 bridgehead atoms. The summed E-state index contributed by atoms with van der Waals surface area (Å²) in [5.74, 6) is -2.99. The van der Waals surface area contributed by atoms with E-state index in [0.29, 0.717) is 0 Å². The van der Waals surface area contributed by atoms with Crippen LogP contribution in [0.2, 0.25) is 0 Å². The van der Waals surface area contributed by atoms with Gasteiger partial charge in [-0.2, -0.15) is 0 Å². The van der Waals surface area contributed by atoms with Crippen LogP contribution in [0.25, 0.3) is 11.3 Å². The summed E-state index contributed by atoms with van der Waals surface area (Å²) in [4.78, 5) is 46.9. The van der Waals surface area contributed by atoms with Gasteiger partial charge in [0.25, 0.3) is 5.91 Å². The lowest BCUT2D eigenvalue weighted by Gasteiger charge is -2.42. The van der Waals surface area contributed by atoms with Gasteiger partial charge in [-0.15, -0.1) is 0 Å². The molecule has 0 saturated carbocycles. The highest BCUT2D eigenvalue weighted by atomic mass is 19.1. The summed E-state index contributed by atoms with van der Waals surface area (Å²) >= 11 is 0. The van der Waals surface area contributed by atoms with E-state index >= 15 is 4.39 Å². The third kappa shape index (κ3) is 9.21. The first-order valence-corrected chi connectivity index (χ1v) is 16.2. The molecule has 49 heavy (non-hydrogen) atoms. The zero-order chi connectivity index (χ0) is 36.3. The molecule has 1 aliphatic rings. The lowest BCUT2D eigenvalue weighted by molar-refractivity contribution is -0.164. The van der Waals surface area contributed by atoms with E-state index in [2.05, 4.69) is 0 Å². The molecule has 266 valence electrons. The van der Waals surface area contributed by atoms with Gasteiger partial charge in [0.05, 0.1) is 23.9 Å². The average molecular weight is 685 g/mol. The summed E-state index contributed by atoms with van der Waals surface area (Å²) in [5, 5.41) is 11.2. The number of imidazole rings is 1. The van der Waals surface area contributed by atoms with E-state index in [1.54, 1.807) is 45.4 Å². The zero-order valence-corrected chi connectivity index (χ0v) is 29.3. The number of benzene rings is 2. The van der Waals surface area contributed by atoms with Crippen LogP contribution in [0.1, 0.15) is 65.9 Å². The van der Waals surface area contributed by atoms with Crippen LogP contribution in [0.5, 0.6) is 0 Å². The first-order chi connectivity index (χ1) is 22.9. The number of carbonyl (C=O) groups is 3. The van der Waals surface area contributed by atoms with Crippen molar-refractivity contribution in [3.63, 3.8) is 0 Å². The topological polar surface area (TPSA) is 123 Å². The van der Waals surface area contributed by atoms with Gasteiger partial charge < -0.3 is 33.7 Å². The van der Waals surface area contributed by atoms with Crippen molar-refractivity contribution >= 4 is 18.0 Å². The number of nitrogens with zero attached hydrogens (tertiary/aromatic N) is 4. The fourth-order valence-electron chi connectivity index (χ4n) is 5.93. The van der Waals surface area contributed by atoms with Crippen molar-refractivity contribution in [2.24, 2.45) is 5.92 Å². The van der Waals surface area contributed by atoms with Crippen LogP contribution in [0.3, 0.4) is 0 Å². The van der Waals surface area contributed by atoms with Crippen LogP contribution in [0, 0.1) is 17.6 Å². The van der Waals surface area contributed by atoms with Gasteiger partial charge in [0, 0.05) is 51.3 Å². The van der Waals surface area contributed by atoms with Crippen molar-refractivity contribution in [2.75, 3.05) is 26.7 Å². The van der Waals surface area contributed by atoms with Crippen molar-refractivity contribution < 1.29 is 42.5 Å². The Hall–Kier alpha value is -4.36. The summed E-state index contributed by atoms with van der Waals surface area (Å²) in [6.45, 7) is 11.5. The Kier molecular flexibility index (Phi) is 11.5. The summed E-state index contributed by atoms with van der Waals surface area (Å²) < 4.78 is 48.1. The highest BCUT2D eigenvalue weighted by molar-refractivity contribution is 5.83. The molecule has 2 amide bonds. The molecule has 1 aliphatic heterocycles. The summed E-state index contributed by atoms with van der Waals surface area (Å²) in [5.41, 5.74) is -1.03. The molecular weight excluding hydrogens is 638 g/mol. The van der Waals surface area contributed by atoms with Crippen LogP contribution in [-0.2, 0) is 30.3 Å². The van der Waals surface area contributed by atoms with Gasteiger partial charge in [-0.05, 0) is 65.3 Å². The Bertz CT molecular complexity index is 1640. The van der Waals surface area contributed by atoms with Crippen molar-refractivity contribution in [1.82, 2.24) is 19.4 Å². The number of hydrogen-bond acceptors (Lipinski definition) is 8. The van der Waals surface area contributed by atoms with Crippen molar-refractivity contribution in [1.29, 1.82) is 0 Å². The summed E-state index contributed by atoms with van der Waals surface area (Å²) in [7, 11) is 1.47. The van der Waals surface area contributed by atoms with E-state index in [4.69, 9.17) is 19.2 Å². The zero-order valence-electron chi connectivity index (χ0n) is 29.3. The van der Waals surface area contributed by atoms with Gasteiger partial charge in [-0.25, -0.2) is 18.6 Å². The van der Waals surface area contributed by atoms with E-state index in [-0.39, 0.29) is 43.3 Å². The predicted octanol–water partition coefficient (Wildman–Crippen LogP) is 5.35. The quantitative estimate of drug-likeness (QED) is 0.268. The minimum Gasteiger partial charge on any atom is -0.453 e. The van der Waals surface area contributed by atoms with E-state index in [9.17, 15) is 23.9 Å². The van der Waals surface area contributed by atoms with E-state index in [0.717, 1.165) is 23.8 Å². The summed E-state index contributed by atoms with van der Waals surface area (Å²) in [6, 6.07) is 11.5. The number of ether oxygens (including phenoxy) is 3. The molecule has 1 N–H and O–H groups in total. The van der Waals surface area contributed by atoms with Crippen molar-refractivity contribution in [2.45, 2.75) is 84.5 Å². The highest BCUT2D eigenvalue weighted by Gasteiger charge is 2.46. The second kappa shape index (κ2) is 15.0. The number of likely N-dealkylation sites (tertiary alicyclic amines) is 1. The van der Waals surface area contributed by atoms with Gasteiger partial charge >= 0.3 is 12.1 Å². The number of esters is 1. The van der Waals surface area contributed by atoms with Crippen LogP contribution < -0.4 is 0 Å².